The monoisotopic (exact) mass is 271 g/mol. The molecule has 2 atom stereocenters. The molecule has 1 rings (SSSR count). The SMILES string of the molecule is CNC(C)C(c1ncc(Cl)cc1[N+](=O)[O-])C(C)C. The highest BCUT2D eigenvalue weighted by Gasteiger charge is 2.30. The number of likely N-dealkylation sites (N-methyl/N-ethyl adjacent to an activating group) is 1. The van der Waals surface area contributed by atoms with Crippen LogP contribution >= 0.6 is 11.6 Å². The summed E-state index contributed by atoms with van der Waals surface area (Å²) in [5.74, 6) is 0.201. The molecule has 5 nitrogen and oxygen atoms in total. The zero-order valence-corrected chi connectivity index (χ0v) is 11.7. The Kier molecular flexibility index (Phi) is 5.04. The van der Waals surface area contributed by atoms with E-state index in [4.69, 9.17) is 11.6 Å². The van der Waals surface area contributed by atoms with Crippen molar-refractivity contribution in [1.29, 1.82) is 0 Å². The molecule has 0 saturated heterocycles. The van der Waals surface area contributed by atoms with Gasteiger partial charge < -0.3 is 5.32 Å². The highest BCUT2D eigenvalue weighted by molar-refractivity contribution is 6.30. The van der Waals surface area contributed by atoms with Gasteiger partial charge in [0, 0.05) is 24.2 Å². The minimum atomic E-state index is -0.425. The largest absolute Gasteiger partial charge is 0.317 e. The fourth-order valence-corrected chi connectivity index (χ4v) is 2.30. The van der Waals surface area contributed by atoms with Gasteiger partial charge in [0.05, 0.1) is 9.95 Å². The number of pyridine rings is 1. The van der Waals surface area contributed by atoms with Crippen LogP contribution in [-0.2, 0) is 0 Å². The van der Waals surface area contributed by atoms with Crippen molar-refractivity contribution in [2.24, 2.45) is 5.92 Å². The Morgan fingerprint density at radius 3 is 2.50 bits per heavy atom. The predicted molar refractivity (Wildman–Crippen MR) is 72.0 cm³/mol. The van der Waals surface area contributed by atoms with Gasteiger partial charge in [-0.1, -0.05) is 25.4 Å². The molecule has 0 fully saturated rings. The Morgan fingerprint density at radius 1 is 1.44 bits per heavy atom. The number of rotatable bonds is 5. The van der Waals surface area contributed by atoms with Crippen molar-refractivity contribution in [2.45, 2.75) is 32.7 Å². The first kappa shape index (κ1) is 14.9. The summed E-state index contributed by atoms with van der Waals surface area (Å²) in [5, 5.41) is 14.5. The second-order valence-electron chi connectivity index (χ2n) is 4.66. The third-order valence-electron chi connectivity index (χ3n) is 3.09. The Bertz CT molecular complexity index is 437. The molecule has 0 bridgehead atoms. The molecule has 0 aliphatic heterocycles. The quantitative estimate of drug-likeness (QED) is 0.660. The molecule has 1 N–H and O–H groups in total. The fraction of sp³-hybridized carbons (Fsp3) is 0.583. The minimum Gasteiger partial charge on any atom is -0.317 e. The number of nitro groups is 1. The van der Waals surface area contributed by atoms with E-state index in [2.05, 4.69) is 10.3 Å². The van der Waals surface area contributed by atoms with E-state index in [1.165, 1.54) is 12.3 Å². The summed E-state index contributed by atoms with van der Waals surface area (Å²) in [6.07, 6.45) is 1.46. The highest BCUT2D eigenvalue weighted by atomic mass is 35.5. The van der Waals surface area contributed by atoms with Crippen LogP contribution in [0.2, 0.25) is 5.02 Å². The second kappa shape index (κ2) is 6.11. The van der Waals surface area contributed by atoms with Gasteiger partial charge in [0.25, 0.3) is 5.69 Å². The standard InChI is InChI=1S/C12H18ClN3O2/c1-7(2)11(8(3)14-4)12-10(16(17)18)5-9(13)6-15-12/h5-8,11,14H,1-4H3. The van der Waals surface area contributed by atoms with Crippen molar-refractivity contribution < 1.29 is 4.92 Å². The molecular formula is C12H18ClN3O2. The molecule has 1 heterocycles. The normalized spacial score (nSPS) is 14.6. The lowest BCUT2D eigenvalue weighted by Crippen LogP contribution is -2.33. The van der Waals surface area contributed by atoms with Gasteiger partial charge >= 0.3 is 0 Å². The van der Waals surface area contributed by atoms with Crippen molar-refractivity contribution in [1.82, 2.24) is 10.3 Å². The van der Waals surface area contributed by atoms with Crippen LogP contribution in [0.3, 0.4) is 0 Å². The number of nitrogens with zero attached hydrogens (tertiary/aromatic N) is 2. The molecule has 2 unspecified atom stereocenters. The van der Waals surface area contributed by atoms with Gasteiger partial charge in [0.2, 0.25) is 0 Å². The third-order valence-corrected chi connectivity index (χ3v) is 3.30. The molecule has 1 aromatic rings. The smallest absolute Gasteiger partial charge is 0.292 e. The third kappa shape index (κ3) is 3.17. The number of aromatic nitrogens is 1. The summed E-state index contributed by atoms with van der Waals surface area (Å²) in [6, 6.07) is 1.46. The van der Waals surface area contributed by atoms with E-state index in [0.29, 0.717) is 5.69 Å². The van der Waals surface area contributed by atoms with Gasteiger partial charge in [-0.3, -0.25) is 15.1 Å². The van der Waals surface area contributed by atoms with Crippen molar-refractivity contribution in [3.8, 4) is 0 Å². The average Bonchev–Trinajstić information content (AvgIpc) is 2.30. The van der Waals surface area contributed by atoms with E-state index in [-0.39, 0.29) is 28.6 Å². The van der Waals surface area contributed by atoms with Crippen LogP contribution in [0, 0.1) is 16.0 Å². The van der Waals surface area contributed by atoms with Gasteiger partial charge in [-0.25, -0.2) is 0 Å². The van der Waals surface area contributed by atoms with Crippen molar-refractivity contribution >= 4 is 17.3 Å². The number of hydrogen-bond donors (Lipinski definition) is 1. The van der Waals surface area contributed by atoms with E-state index in [1.807, 2.05) is 27.8 Å². The minimum absolute atomic E-state index is 0.0108. The van der Waals surface area contributed by atoms with Gasteiger partial charge in [-0.15, -0.1) is 0 Å². The van der Waals surface area contributed by atoms with Crippen LogP contribution in [0.15, 0.2) is 12.3 Å². The Balaban J connectivity index is 3.31. The molecule has 0 saturated carbocycles. The first-order valence-electron chi connectivity index (χ1n) is 5.85. The number of nitrogens with one attached hydrogen (secondary N) is 1. The molecule has 0 aromatic carbocycles. The van der Waals surface area contributed by atoms with Gasteiger partial charge in [0.1, 0.15) is 5.69 Å². The summed E-state index contributed by atoms with van der Waals surface area (Å²) in [6.45, 7) is 6.04. The van der Waals surface area contributed by atoms with Gasteiger partial charge in [0.15, 0.2) is 0 Å². The molecule has 0 radical (unpaired) electrons. The summed E-state index contributed by atoms with van der Waals surface area (Å²) in [5.41, 5.74) is 0.476. The zero-order chi connectivity index (χ0) is 13.9. The van der Waals surface area contributed by atoms with E-state index in [0.717, 1.165) is 0 Å². The van der Waals surface area contributed by atoms with Crippen molar-refractivity contribution in [2.75, 3.05) is 7.05 Å². The maximum atomic E-state index is 11.1. The molecule has 0 amide bonds. The van der Waals surface area contributed by atoms with Gasteiger partial charge in [-0.2, -0.15) is 0 Å². The second-order valence-corrected chi connectivity index (χ2v) is 5.10. The zero-order valence-electron chi connectivity index (χ0n) is 11.0. The van der Waals surface area contributed by atoms with Crippen LogP contribution in [0.4, 0.5) is 5.69 Å². The van der Waals surface area contributed by atoms with E-state index in [1.54, 1.807) is 0 Å². The van der Waals surface area contributed by atoms with Gasteiger partial charge in [-0.05, 0) is 19.9 Å². The highest BCUT2D eigenvalue weighted by Crippen LogP contribution is 2.33. The summed E-state index contributed by atoms with van der Waals surface area (Å²) in [4.78, 5) is 14.9. The molecule has 6 heteroatoms. The lowest BCUT2D eigenvalue weighted by atomic mass is 9.85. The Labute approximate surface area is 112 Å². The molecular weight excluding hydrogens is 254 g/mol. The van der Waals surface area contributed by atoms with E-state index >= 15 is 0 Å². The molecule has 100 valence electrons. The lowest BCUT2D eigenvalue weighted by molar-refractivity contribution is -0.386. The number of halogens is 1. The average molecular weight is 272 g/mol. The molecule has 0 aliphatic carbocycles. The summed E-state index contributed by atoms with van der Waals surface area (Å²) < 4.78 is 0. The van der Waals surface area contributed by atoms with E-state index < -0.39 is 4.92 Å². The fourth-order valence-electron chi connectivity index (χ4n) is 2.15. The maximum Gasteiger partial charge on any atom is 0.292 e. The Hall–Kier alpha value is -1.20. The van der Waals surface area contributed by atoms with Crippen LogP contribution in [0.25, 0.3) is 0 Å². The Morgan fingerprint density at radius 2 is 2.06 bits per heavy atom. The van der Waals surface area contributed by atoms with E-state index in [9.17, 15) is 10.1 Å². The van der Waals surface area contributed by atoms with Crippen molar-refractivity contribution in [3.05, 3.63) is 33.1 Å². The topological polar surface area (TPSA) is 68.1 Å². The van der Waals surface area contributed by atoms with Crippen LogP contribution in [0.5, 0.6) is 0 Å². The lowest BCUT2D eigenvalue weighted by Gasteiger charge is -2.26. The molecule has 0 aliphatic rings. The summed E-state index contributed by atoms with van der Waals surface area (Å²) in [7, 11) is 1.84. The molecule has 0 spiro atoms. The summed E-state index contributed by atoms with van der Waals surface area (Å²) >= 11 is 5.78. The first-order valence-corrected chi connectivity index (χ1v) is 6.23. The first-order chi connectivity index (χ1) is 8.38. The predicted octanol–water partition coefficient (Wildman–Crippen LogP) is 2.99. The molecule has 18 heavy (non-hydrogen) atoms. The van der Waals surface area contributed by atoms with Crippen LogP contribution in [0.1, 0.15) is 32.4 Å². The van der Waals surface area contributed by atoms with Crippen molar-refractivity contribution in [3.63, 3.8) is 0 Å². The van der Waals surface area contributed by atoms with Crippen LogP contribution < -0.4 is 5.32 Å². The maximum absolute atomic E-state index is 11.1. The molecule has 1 aromatic heterocycles. The number of hydrogen-bond acceptors (Lipinski definition) is 4. The van der Waals surface area contributed by atoms with Crippen LogP contribution in [-0.4, -0.2) is 23.0 Å².